The van der Waals surface area contributed by atoms with E-state index in [0.29, 0.717) is 29.6 Å². The summed E-state index contributed by atoms with van der Waals surface area (Å²) >= 11 is 0. The summed E-state index contributed by atoms with van der Waals surface area (Å²) in [5, 5.41) is 9.02. The molecule has 0 saturated heterocycles. The first-order valence-electron chi connectivity index (χ1n) is 5.95. The summed E-state index contributed by atoms with van der Waals surface area (Å²) in [6.07, 6.45) is 0.757. The van der Waals surface area contributed by atoms with E-state index in [-0.39, 0.29) is 19.0 Å². The van der Waals surface area contributed by atoms with Gasteiger partial charge < -0.3 is 14.3 Å². The van der Waals surface area contributed by atoms with Crippen molar-refractivity contribution in [2.45, 2.75) is 26.0 Å². The van der Waals surface area contributed by atoms with Crippen molar-refractivity contribution in [2.24, 2.45) is 0 Å². The molecule has 6 nitrogen and oxygen atoms in total. The van der Waals surface area contributed by atoms with Gasteiger partial charge in [0.25, 0.3) is 0 Å². The van der Waals surface area contributed by atoms with Crippen LogP contribution in [0.3, 0.4) is 0 Å². The van der Waals surface area contributed by atoms with Crippen LogP contribution < -0.4 is 5.76 Å². The van der Waals surface area contributed by atoms with Crippen molar-refractivity contribution in [3.63, 3.8) is 0 Å². The van der Waals surface area contributed by atoms with E-state index >= 15 is 0 Å². The van der Waals surface area contributed by atoms with Crippen molar-refractivity contribution in [3.05, 3.63) is 34.3 Å². The van der Waals surface area contributed by atoms with Gasteiger partial charge >= 0.3 is 11.7 Å². The molecule has 0 radical (unpaired) electrons. The topological polar surface area (TPSA) is 81.7 Å². The van der Waals surface area contributed by atoms with Crippen LogP contribution in [0.2, 0.25) is 0 Å². The van der Waals surface area contributed by atoms with Gasteiger partial charge in [-0.1, -0.05) is 6.07 Å². The fourth-order valence-electron chi connectivity index (χ4n) is 1.90. The summed E-state index contributed by atoms with van der Waals surface area (Å²) in [7, 11) is 1.33. The molecule has 1 aromatic heterocycles. The van der Waals surface area contributed by atoms with Crippen LogP contribution in [0, 0.1) is 0 Å². The van der Waals surface area contributed by atoms with Crippen LogP contribution >= 0.6 is 0 Å². The van der Waals surface area contributed by atoms with Crippen LogP contribution in [0.15, 0.2) is 27.4 Å². The number of nitrogens with zero attached hydrogens (tertiary/aromatic N) is 1. The highest BCUT2D eigenvalue weighted by molar-refractivity contribution is 5.73. The molecule has 6 heteroatoms. The lowest BCUT2D eigenvalue weighted by Gasteiger charge is -2.02. The van der Waals surface area contributed by atoms with Crippen molar-refractivity contribution in [2.75, 3.05) is 7.11 Å². The van der Waals surface area contributed by atoms with E-state index in [1.54, 1.807) is 18.2 Å². The number of oxazole rings is 1. The molecule has 0 aliphatic heterocycles. The number of fused-ring (bicyclic) bond motifs is 1. The summed E-state index contributed by atoms with van der Waals surface area (Å²) in [6.45, 7) is 0.284. The number of aryl methyl sites for hydroxylation is 1. The van der Waals surface area contributed by atoms with Gasteiger partial charge in [-0.3, -0.25) is 9.36 Å². The minimum absolute atomic E-state index is 0.104. The average Bonchev–Trinajstić information content (AvgIpc) is 2.73. The minimum atomic E-state index is -0.463. The summed E-state index contributed by atoms with van der Waals surface area (Å²) in [5.74, 6) is -0.765. The first kappa shape index (κ1) is 13.4. The molecule has 0 bridgehead atoms. The lowest BCUT2D eigenvalue weighted by atomic mass is 10.2. The molecule has 0 aliphatic carbocycles. The zero-order chi connectivity index (χ0) is 13.8. The Morgan fingerprint density at radius 1 is 1.47 bits per heavy atom. The van der Waals surface area contributed by atoms with E-state index in [2.05, 4.69) is 4.74 Å². The number of ether oxygens (including phenoxy) is 1. The Balaban J connectivity index is 2.21. The summed E-state index contributed by atoms with van der Waals surface area (Å²) in [4.78, 5) is 22.7. The number of rotatable bonds is 5. The fourth-order valence-corrected chi connectivity index (χ4v) is 1.90. The van der Waals surface area contributed by atoms with Gasteiger partial charge in [0.05, 0.1) is 19.2 Å². The van der Waals surface area contributed by atoms with Crippen molar-refractivity contribution < 1.29 is 19.1 Å². The third-order valence-corrected chi connectivity index (χ3v) is 2.91. The Hall–Kier alpha value is -2.08. The number of carbonyl (C=O) groups is 1. The quantitative estimate of drug-likeness (QED) is 0.817. The number of hydrogen-bond donors (Lipinski definition) is 1. The molecule has 2 rings (SSSR count). The molecule has 0 fully saturated rings. The third-order valence-electron chi connectivity index (χ3n) is 2.91. The number of aliphatic hydroxyl groups excluding tert-OH is 1. The zero-order valence-electron chi connectivity index (χ0n) is 10.6. The van der Waals surface area contributed by atoms with E-state index in [1.165, 1.54) is 11.7 Å². The number of carbonyl (C=O) groups excluding carboxylic acids is 1. The lowest BCUT2D eigenvalue weighted by Crippen LogP contribution is -2.15. The predicted molar refractivity (Wildman–Crippen MR) is 67.6 cm³/mol. The Kier molecular flexibility index (Phi) is 4.01. The second-order valence-electron chi connectivity index (χ2n) is 4.16. The molecule has 1 N–H and O–H groups in total. The van der Waals surface area contributed by atoms with Crippen molar-refractivity contribution in [1.82, 2.24) is 4.57 Å². The zero-order valence-corrected chi connectivity index (χ0v) is 10.6. The highest BCUT2D eigenvalue weighted by Crippen LogP contribution is 2.15. The normalized spacial score (nSPS) is 10.8. The predicted octanol–water partition coefficient (Wildman–Crippen LogP) is 1.04. The smallest absolute Gasteiger partial charge is 0.419 e. The van der Waals surface area contributed by atoms with E-state index in [0.717, 1.165) is 0 Å². The summed E-state index contributed by atoms with van der Waals surface area (Å²) < 4.78 is 11.1. The molecule has 0 saturated carbocycles. The van der Waals surface area contributed by atoms with Gasteiger partial charge in [0.2, 0.25) is 0 Å². The van der Waals surface area contributed by atoms with Gasteiger partial charge in [-0.15, -0.1) is 0 Å². The Labute approximate surface area is 109 Å². The van der Waals surface area contributed by atoms with E-state index in [9.17, 15) is 9.59 Å². The van der Waals surface area contributed by atoms with Crippen molar-refractivity contribution in [1.29, 1.82) is 0 Å². The van der Waals surface area contributed by atoms with E-state index < -0.39 is 5.76 Å². The van der Waals surface area contributed by atoms with Gasteiger partial charge in [0, 0.05) is 13.0 Å². The molecule has 19 heavy (non-hydrogen) atoms. The summed E-state index contributed by atoms with van der Waals surface area (Å²) in [5.41, 5.74) is 1.78. The van der Waals surface area contributed by atoms with Crippen LogP contribution in [0.4, 0.5) is 0 Å². The first-order valence-corrected chi connectivity index (χ1v) is 5.95. The molecule has 102 valence electrons. The third kappa shape index (κ3) is 2.85. The number of esters is 1. The lowest BCUT2D eigenvalue weighted by molar-refractivity contribution is -0.140. The molecule has 0 amide bonds. The number of aliphatic hydroxyl groups is 1. The molecule has 0 spiro atoms. The minimum Gasteiger partial charge on any atom is -0.469 e. The standard InChI is InChI=1S/C13H15NO5/c1-18-12(16)3-2-6-14-10-5-4-9(8-15)7-11(10)19-13(14)17/h4-5,7,15H,2-3,6,8H2,1H3. The van der Waals surface area contributed by atoms with Crippen molar-refractivity contribution in [3.8, 4) is 0 Å². The Morgan fingerprint density at radius 2 is 2.26 bits per heavy atom. The van der Waals surface area contributed by atoms with Gasteiger partial charge in [0.1, 0.15) is 0 Å². The molecular formula is C13H15NO5. The largest absolute Gasteiger partial charge is 0.469 e. The molecule has 1 heterocycles. The van der Waals surface area contributed by atoms with Crippen LogP contribution in [0.25, 0.3) is 11.1 Å². The van der Waals surface area contributed by atoms with Gasteiger partial charge in [-0.25, -0.2) is 4.79 Å². The molecule has 2 aromatic rings. The van der Waals surface area contributed by atoms with Gasteiger partial charge in [0.15, 0.2) is 5.58 Å². The SMILES string of the molecule is COC(=O)CCCn1c(=O)oc2cc(CO)ccc21. The Morgan fingerprint density at radius 3 is 2.95 bits per heavy atom. The number of hydrogen-bond acceptors (Lipinski definition) is 5. The molecular weight excluding hydrogens is 250 g/mol. The van der Waals surface area contributed by atoms with Crippen LogP contribution in [0.5, 0.6) is 0 Å². The van der Waals surface area contributed by atoms with Crippen molar-refractivity contribution >= 4 is 17.1 Å². The summed E-state index contributed by atoms with van der Waals surface area (Å²) in [6, 6.07) is 5.09. The Bertz CT molecular complexity index is 640. The maximum Gasteiger partial charge on any atom is 0.419 e. The molecule has 1 aromatic carbocycles. The number of aromatic nitrogens is 1. The molecule has 0 aliphatic rings. The molecule has 0 atom stereocenters. The molecule has 0 unspecified atom stereocenters. The fraction of sp³-hybridized carbons (Fsp3) is 0.385. The highest BCUT2D eigenvalue weighted by Gasteiger charge is 2.10. The monoisotopic (exact) mass is 265 g/mol. The van der Waals surface area contributed by atoms with Gasteiger partial charge in [-0.2, -0.15) is 0 Å². The maximum atomic E-state index is 11.7. The number of methoxy groups -OCH3 is 1. The van der Waals surface area contributed by atoms with Crippen LogP contribution in [0.1, 0.15) is 18.4 Å². The van der Waals surface area contributed by atoms with Crippen LogP contribution in [-0.4, -0.2) is 22.8 Å². The maximum absolute atomic E-state index is 11.7. The van der Waals surface area contributed by atoms with E-state index in [4.69, 9.17) is 9.52 Å². The first-order chi connectivity index (χ1) is 9.15. The van der Waals surface area contributed by atoms with E-state index in [1.807, 2.05) is 0 Å². The average molecular weight is 265 g/mol. The second kappa shape index (κ2) is 5.71. The van der Waals surface area contributed by atoms with Gasteiger partial charge in [-0.05, 0) is 24.1 Å². The number of benzene rings is 1. The van der Waals surface area contributed by atoms with Crippen LogP contribution in [-0.2, 0) is 22.7 Å². The second-order valence-corrected chi connectivity index (χ2v) is 4.16. The highest BCUT2D eigenvalue weighted by atomic mass is 16.5.